The van der Waals surface area contributed by atoms with E-state index < -0.39 is 0 Å². The van der Waals surface area contributed by atoms with E-state index in [0.29, 0.717) is 17.9 Å². The Bertz CT molecular complexity index is 593. The van der Waals surface area contributed by atoms with E-state index in [1.54, 1.807) is 6.92 Å². The molecule has 0 aliphatic rings. The Balaban J connectivity index is 0.000000238. The number of halogens is 3. The molecule has 2 nitrogen and oxygen atoms in total. The van der Waals surface area contributed by atoms with Gasteiger partial charge in [-0.1, -0.05) is 72.1 Å². The van der Waals surface area contributed by atoms with E-state index >= 15 is 0 Å². The van der Waals surface area contributed by atoms with Gasteiger partial charge in [-0.05, 0) is 49.2 Å². The third-order valence-corrected chi connectivity index (χ3v) is 4.48. The molecule has 0 amide bonds. The quantitative estimate of drug-likeness (QED) is 0.351. The van der Waals surface area contributed by atoms with Crippen LogP contribution in [-0.2, 0) is 16.0 Å². The van der Waals surface area contributed by atoms with Crippen molar-refractivity contribution in [3.05, 3.63) is 68.6 Å². The van der Waals surface area contributed by atoms with Gasteiger partial charge in [0.15, 0.2) is 0 Å². The Hall–Kier alpha value is -0.650. The normalized spacial score (nSPS) is 11.2. The van der Waals surface area contributed by atoms with Crippen LogP contribution in [-0.4, -0.2) is 12.6 Å². The minimum absolute atomic E-state index is 0.176. The average Bonchev–Trinajstić information content (AvgIpc) is 2.51. The van der Waals surface area contributed by atoms with E-state index in [9.17, 15) is 4.79 Å². The fourth-order valence-corrected chi connectivity index (χ4v) is 2.54. The predicted octanol–water partition coefficient (Wildman–Crippen LogP) is 6.46. The van der Waals surface area contributed by atoms with Gasteiger partial charge in [0.05, 0.1) is 13.0 Å². The molecular formula is C18H19Br3O2. The molecule has 0 heterocycles. The summed E-state index contributed by atoms with van der Waals surface area (Å²) in [6.07, 6.45) is 0.348. The zero-order valence-corrected chi connectivity index (χ0v) is 17.8. The molecule has 0 saturated carbocycles. The molecule has 0 N–H and O–H groups in total. The summed E-state index contributed by atoms with van der Waals surface area (Å²) < 4.78 is 6.97. The highest BCUT2D eigenvalue weighted by molar-refractivity contribution is 9.10. The highest BCUT2D eigenvalue weighted by atomic mass is 79.9. The monoisotopic (exact) mass is 504 g/mol. The first-order chi connectivity index (χ1) is 10.9. The van der Waals surface area contributed by atoms with Crippen molar-refractivity contribution in [2.75, 3.05) is 6.61 Å². The lowest BCUT2D eigenvalue weighted by Crippen LogP contribution is -2.07. The first-order valence-corrected chi connectivity index (χ1v) is 9.72. The van der Waals surface area contributed by atoms with Crippen LogP contribution in [0.2, 0.25) is 0 Å². The maximum absolute atomic E-state index is 11.1. The maximum atomic E-state index is 11.1. The second-order valence-corrected chi connectivity index (χ2v) is 7.98. The van der Waals surface area contributed by atoms with E-state index in [1.165, 1.54) is 5.56 Å². The molecule has 0 aliphatic carbocycles. The fraction of sp³-hybridized carbons (Fsp3) is 0.278. The van der Waals surface area contributed by atoms with Crippen molar-refractivity contribution in [2.45, 2.75) is 25.1 Å². The van der Waals surface area contributed by atoms with Crippen LogP contribution in [0.25, 0.3) is 0 Å². The Labute approximate surface area is 163 Å². The highest BCUT2D eigenvalue weighted by Gasteiger charge is 2.02. The molecule has 0 bridgehead atoms. The number of carbonyl (C=O) groups excluding carboxylic acids is 1. The SMILES string of the molecule is CC(Br)c1ccc(Br)cc1.CCOC(=O)Cc1ccc(Br)cc1. The van der Waals surface area contributed by atoms with E-state index in [-0.39, 0.29) is 5.97 Å². The Kier molecular flexibility index (Phi) is 9.75. The molecule has 0 aromatic heterocycles. The molecule has 2 aromatic carbocycles. The molecule has 1 unspecified atom stereocenters. The van der Waals surface area contributed by atoms with Gasteiger partial charge >= 0.3 is 5.97 Å². The number of benzene rings is 2. The number of hydrogen-bond acceptors (Lipinski definition) is 2. The van der Waals surface area contributed by atoms with Crippen LogP contribution in [0.5, 0.6) is 0 Å². The Morgan fingerprint density at radius 2 is 1.48 bits per heavy atom. The van der Waals surface area contributed by atoms with Gasteiger partial charge in [-0.25, -0.2) is 0 Å². The number of hydrogen-bond donors (Lipinski definition) is 0. The molecule has 1 atom stereocenters. The molecule has 23 heavy (non-hydrogen) atoms. The lowest BCUT2D eigenvalue weighted by molar-refractivity contribution is -0.142. The van der Waals surface area contributed by atoms with Gasteiger partial charge in [-0.15, -0.1) is 0 Å². The number of ether oxygens (including phenoxy) is 1. The van der Waals surface area contributed by atoms with E-state index in [4.69, 9.17) is 4.74 Å². The summed E-state index contributed by atoms with van der Waals surface area (Å²) in [5.41, 5.74) is 2.28. The zero-order chi connectivity index (χ0) is 17.2. The summed E-state index contributed by atoms with van der Waals surface area (Å²) in [5, 5.41) is 0. The van der Waals surface area contributed by atoms with Gasteiger partial charge in [0.25, 0.3) is 0 Å². The summed E-state index contributed by atoms with van der Waals surface area (Å²) in [6.45, 7) is 4.36. The lowest BCUT2D eigenvalue weighted by atomic mass is 10.2. The molecule has 5 heteroatoms. The van der Waals surface area contributed by atoms with Crippen LogP contribution in [0.4, 0.5) is 0 Å². The Morgan fingerprint density at radius 3 is 1.91 bits per heavy atom. The smallest absolute Gasteiger partial charge is 0.310 e. The van der Waals surface area contributed by atoms with E-state index in [2.05, 4.69) is 66.8 Å². The lowest BCUT2D eigenvalue weighted by Gasteiger charge is -2.01. The molecule has 2 aromatic rings. The van der Waals surface area contributed by atoms with E-state index in [0.717, 1.165) is 14.5 Å². The van der Waals surface area contributed by atoms with Crippen LogP contribution < -0.4 is 0 Å². The van der Waals surface area contributed by atoms with Gasteiger partial charge < -0.3 is 4.74 Å². The topological polar surface area (TPSA) is 26.3 Å². The third kappa shape index (κ3) is 8.68. The minimum Gasteiger partial charge on any atom is -0.466 e. The standard InChI is InChI=1S/C10H11BrO2.C8H8Br2/c1-2-13-10(12)7-8-3-5-9(11)6-4-8;1-6(9)7-2-4-8(10)5-3-7/h3-6H,2,7H2,1H3;2-6H,1H3. The third-order valence-electron chi connectivity index (χ3n) is 2.90. The van der Waals surface area contributed by atoms with Crippen molar-refractivity contribution in [3.63, 3.8) is 0 Å². The van der Waals surface area contributed by atoms with Gasteiger partial charge in [0, 0.05) is 13.8 Å². The number of alkyl halides is 1. The van der Waals surface area contributed by atoms with E-state index in [1.807, 2.05) is 36.4 Å². The largest absolute Gasteiger partial charge is 0.466 e. The number of rotatable bonds is 4. The predicted molar refractivity (Wildman–Crippen MR) is 106 cm³/mol. The molecule has 124 valence electrons. The average molecular weight is 507 g/mol. The molecule has 0 fully saturated rings. The zero-order valence-electron chi connectivity index (χ0n) is 13.1. The van der Waals surface area contributed by atoms with Crippen molar-refractivity contribution in [2.24, 2.45) is 0 Å². The molecule has 0 saturated heterocycles. The first kappa shape index (κ1) is 20.4. The molecule has 0 spiro atoms. The second kappa shape index (κ2) is 11.0. The van der Waals surface area contributed by atoms with Crippen molar-refractivity contribution in [1.29, 1.82) is 0 Å². The minimum atomic E-state index is -0.176. The molecule has 0 aliphatic heterocycles. The number of carbonyl (C=O) groups is 1. The summed E-state index contributed by atoms with van der Waals surface area (Å²) in [7, 11) is 0. The summed E-state index contributed by atoms with van der Waals surface area (Å²) >= 11 is 10.2. The van der Waals surface area contributed by atoms with Gasteiger partial charge in [0.1, 0.15) is 0 Å². The fourth-order valence-electron chi connectivity index (χ4n) is 1.71. The number of esters is 1. The molecule has 0 radical (unpaired) electrons. The van der Waals surface area contributed by atoms with Crippen molar-refractivity contribution < 1.29 is 9.53 Å². The molecule has 2 rings (SSSR count). The van der Waals surface area contributed by atoms with Crippen molar-refractivity contribution >= 4 is 53.8 Å². The summed E-state index contributed by atoms with van der Waals surface area (Å²) in [6, 6.07) is 15.9. The Morgan fingerprint density at radius 1 is 1.00 bits per heavy atom. The van der Waals surface area contributed by atoms with Gasteiger partial charge in [-0.3, -0.25) is 4.79 Å². The van der Waals surface area contributed by atoms with Crippen molar-refractivity contribution in [3.8, 4) is 0 Å². The summed E-state index contributed by atoms with van der Waals surface area (Å²) in [4.78, 5) is 11.5. The molecular weight excluding hydrogens is 488 g/mol. The summed E-state index contributed by atoms with van der Waals surface area (Å²) in [5.74, 6) is -0.176. The van der Waals surface area contributed by atoms with Crippen LogP contribution in [0, 0.1) is 0 Å². The second-order valence-electron chi connectivity index (χ2n) is 4.78. The van der Waals surface area contributed by atoms with Gasteiger partial charge in [0.2, 0.25) is 0 Å². The maximum Gasteiger partial charge on any atom is 0.310 e. The van der Waals surface area contributed by atoms with Crippen LogP contribution >= 0.6 is 47.8 Å². The van der Waals surface area contributed by atoms with Crippen molar-refractivity contribution in [1.82, 2.24) is 0 Å². The van der Waals surface area contributed by atoms with Gasteiger partial charge in [-0.2, -0.15) is 0 Å². The first-order valence-electron chi connectivity index (χ1n) is 7.22. The van der Waals surface area contributed by atoms with Crippen LogP contribution in [0.1, 0.15) is 29.8 Å². The van der Waals surface area contributed by atoms with Crippen LogP contribution in [0.15, 0.2) is 57.5 Å². The van der Waals surface area contributed by atoms with Crippen LogP contribution in [0.3, 0.4) is 0 Å². The highest BCUT2D eigenvalue weighted by Crippen LogP contribution is 2.22.